The molecule has 0 radical (unpaired) electrons. The molecule has 1 saturated carbocycles. The predicted molar refractivity (Wildman–Crippen MR) is 162 cm³/mol. The van der Waals surface area contributed by atoms with Crippen LogP contribution in [0.1, 0.15) is 128 Å². The molecule has 2 bridgehead atoms. The molecule has 8 atom stereocenters. The largest absolute Gasteiger partial charge is 0.330 e. The summed E-state index contributed by atoms with van der Waals surface area (Å²) in [4.78, 5) is 3.00. The van der Waals surface area contributed by atoms with E-state index in [1.807, 2.05) is 0 Å². The van der Waals surface area contributed by atoms with E-state index in [0.717, 1.165) is 13.0 Å². The molecule has 3 aliphatic heterocycles. The van der Waals surface area contributed by atoms with E-state index < -0.39 is 0 Å². The Morgan fingerprint density at radius 3 is 2.24 bits per heavy atom. The number of hydrogen-bond acceptors (Lipinski definition) is 4. The molecule has 1 aliphatic carbocycles. The summed E-state index contributed by atoms with van der Waals surface area (Å²) in [7, 11) is 0. The Hall–Kier alpha value is -0.420. The third kappa shape index (κ3) is 4.30. The van der Waals surface area contributed by atoms with E-state index >= 15 is 0 Å². The third-order valence-electron chi connectivity index (χ3n) is 12.8. The van der Waals surface area contributed by atoms with Gasteiger partial charge in [-0.2, -0.15) is 0 Å². The number of hydrogen-bond donors (Lipinski definition) is 3. The molecule has 4 nitrogen and oxygen atoms in total. The van der Waals surface area contributed by atoms with Gasteiger partial charge in [-0.15, -0.1) is 6.58 Å². The Morgan fingerprint density at radius 1 is 1.11 bits per heavy atom. The van der Waals surface area contributed by atoms with Gasteiger partial charge in [0.15, 0.2) is 0 Å². The quantitative estimate of drug-likeness (QED) is 0.174. The van der Waals surface area contributed by atoms with E-state index in [9.17, 15) is 0 Å². The minimum Gasteiger partial charge on any atom is -0.330 e. The predicted octanol–water partition coefficient (Wildman–Crippen LogP) is 6.89. The molecule has 3 saturated heterocycles. The molecule has 4 fully saturated rings. The molecule has 3 heterocycles. The number of rotatable bonds is 14. The fourth-order valence-corrected chi connectivity index (χ4v) is 9.93. The molecule has 216 valence electrons. The number of fused-ring (bicyclic) bond motifs is 1. The lowest BCUT2D eigenvalue weighted by Crippen LogP contribution is -2.76. The second-order valence-electron chi connectivity index (χ2n) is 15.2. The SMILES string of the molecule is C=CCC(C)C(C)(NC(C)C)C1(C)C2CC1(C)C(C)(C(C)(CN)C1CCC(C)(C)N1)N2CCCCCC. The standard InChI is InChI=1S/C33H64N4/c1-13-15-16-17-21-37-27-22-30(9,31(27,10)32(11,35-24(3)4)25(5)18-14-2)33(37,12)29(8,23-34)26-19-20-28(6,7)36-26/h14,24-27,35-36H,2,13,15-23,34H2,1,3-12H3. The smallest absolute Gasteiger partial charge is 0.0325 e. The van der Waals surface area contributed by atoms with Gasteiger partial charge < -0.3 is 16.4 Å². The highest BCUT2D eigenvalue weighted by molar-refractivity contribution is 5.38. The van der Waals surface area contributed by atoms with E-state index in [1.165, 1.54) is 51.5 Å². The molecule has 0 spiro atoms. The van der Waals surface area contributed by atoms with Crippen LogP contribution >= 0.6 is 0 Å². The molecule has 37 heavy (non-hydrogen) atoms. The number of nitrogens with two attached hydrogens (primary N) is 1. The Morgan fingerprint density at radius 2 is 1.76 bits per heavy atom. The van der Waals surface area contributed by atoms with E-state index in [1.54, 1.807) is 0 Å². The first-order valence-corrected chi connectivity index (χ1v) is 15.7. The lowest BCUT2D eigenvalue weighted by atomic mass is 9.36. The summed E-state index contributed by atoms with van der Waals surface area (Å²) in [5.74, 6) is 0.497. The molecule has 0 aromatic carbocycles. The van der Waals surface area contributed by atoms with Crippen molar-refractivity contribution < 1.29 is 0 Å². The Labute approximate surface area is 231 Å². The first-order chi connectivity index (χ1) is 17.1. The summed E-state index contributed by atoms with van der Waals surface area (Å²) in [5.41, 5.74) is 7.33. The van der Waals surface area contributed by atoms with Crippen LogP contribution in [0.2, 0.25) is 0 Å². The molecular formula is C33H64N4. The second kappa shape index (κ2) is 10.5. The number of nitrogens with one attached hydrogen (secondary N) is 2. The van der Waals surface area contributed by atoms with Gasteiger partial charge in [0.1, 0.15) is 0 Å². The third-order valence-corrected chi connectivity index (χ3v) is 12.8. The van der Waals surface area contributed by atoms with Crippen molar-refractivity contribution >= 4 is 0 Å². The van der Waals surface area contributed by atoms with Gasteiger partial charge in [-0.1, -0.05) is 73.8 Å². The summed E-state index contributed by atoms with van der Waals surface area (Å²) in [6, 6.07) is 1.43. The zero-order valence-corrected chi connectivity index (χ0v) is 26.7. The van der Waals surface area contributed by atoms with Crippen molar-refractivity contribution in [2.45, 2.75) is 162 Å². The van der Waals surface area contributed by atoms with Crippen LogP contribution in [0, 0.1) is 22.2 Å². The van der Waals surface area contributed by atoms with Crippen LogP contribution in [-0.2, 0) is 0 Å². The minimum absolute atomic E-state index is 0.00624. The monoisotopic (exact) mass is 517 g/mol. The van der Waals surface area contributed by atoms with Crippen molar-refractivity contribution in [3.8, 4) is 0 Å². The van der Waals surface area contributed by atoms with E-state index in [4.69, 9.17) is 5.73 Å². The average molecular weight is 517 g/mol. The maximum absolute atomic E-state index is 6.91. The van der Waals surface area contributed by atoms with Crippen molar-refractivity contribution in [3.63, 3.8) is 0 Å². The average Bonchev–Trinajstić information content (AvgIpc) is 3.36. The van der Waals surface area contributed by atoms with Crippen LogP contribution in [-0.4, -0.2) is 52.7 Å². The zero-order chi connectivity index (χ0) is 28.1. The lowest BCUT2D eigenvalue weighted by molar-refractivity contribution is -0.151. The lowest BCUT2D eigenvalue weighted by Gasteiger charge is -2.69. The highest BCUT2D eigenvalue weighted by Gasteiger charge is 2.84. The van der Waals surface area contributed by atoms with Gasteiger partial charge in [0.25, 0.3) is 0 Å². The molecular weight excluding hydrogens is 452 g/mol. The van der Waals surface area contributed by atoms with Crippen molar-refractivity contribution in [1.29, 1.82) is 0 Å². The minimum atomic E-state index is -0.0206. The van der Waals surface area contributed by atoms with Gasteiger partial charge in [0.05, 0.1) is 0 Å². The fourth-order valence-electron chi connectivity index (χ4n) is 9.93. The molecule has 4 aliphatic rings. The van der Waals surface area contributed by atoms with Crippen LogP contribution in [0.4, 0.5) is 0 Å². The van der Waals surface area contributed by atoms with Crippen molar-refractivity contribution in [3.05, 3.63) is 12.7 Å². The van der Waals surface area contributed by atoms with Gasteiger partial charge in [-0.25, -0.2) is 0 Å². The van der Waals surface area contributed by atoms with Gasteiger partial charge in [0.2, 0.25) is 0 Å². The zero-order valence-electron chi connectivity index (χ0n) is 26.7. The summed E-state index contributed by atoms with van der Waals surface area (Å²) in [5, 5.41) is 8.26. The number of allylic oxidation sites excluding steroid dienone is 1. The first kappa shape index (κ1) is 31.1. The molecule has 0 amide bonds. The molecule has 4 rings (SSSR count). The second-order valence-corrected chi connectivity index (χ2v) is 15.2. The molecule has 0 aromatic heterocycles. The Kier molecular flexibility index (Phi) is 8.85. The maximum Gasteiger partial charge on any atom is 0.0325 e. The summed E-state index contributed by atoms with van der Waals surface area (Å²) < 4.78 is 0. The maximum atomic E-state index is 6.91. The van der Waals surface area contributed by atoms with E-state index in [0.29, 0.717) is 24.0 Å². The van der Waals surface area contributed by atoms with Gasteiger partial charge in [-0.3, -0.25) is 4.90 Å². The van der Waals surface area contributed by atoms with E-state index in [-0.39, 0.29) is 32.9 Å². The van der Waals surface area contributed by atoms with Crippen LogP contribution in [0.25, 0.3) is 0 Å². The fraction of sp³-hybridized carbons (Fsp3) is 0.939. The molecule has 4 N–H and O–H groups in total. The van der Waals surface area contributed by atoms with Crippen molar-refractivity contribution in [2.24, 2.45) is 27.9 Å². The first-order valence-electron chi connectivity index (χ1n) is 15.7. The summed E-state index contributed by atoms with van der Waals surface area (Å²) >= 11 is 0. The van der Waals surface area contributed by atoms with Gasteiger partial charge >= 0.3 is 0 Å². The number of unbranched alkanes of at least 4 members (excludes halogenated alkanes) is 3. The normalized spacial score (nSPS) is 39.3. The Balaban J connectivity index is 2.16. The summed E-state index contributed by atoms with van der Waals surface area (Å²) in [6.07, 6.45) is 12.1. The molecule has 4 heteroatoms. The number of nitrogens with zero attached hydrogens (tertiary/aromatic N) is 1. The van der Waals surface area contributed by atoms with Crippen molar-refractivity contribution in [2.75, 3.05) is 13.1 Å². The van der Waals surface area contributed by atoms with Crippen LogP contribution < -0.4 is 16.4 Å². The van der Waals surface area contributed by atoms with Crippen LogP contribution in [0.5, 0.6) is 0 Å². The molecule has 0 aromatic rings. The van der Waals surface area contributed by atoms with Crippen LogP contribution in [0.3, 0.4) is 0 Å². The van der Waals surface area contributed by atoms with Gasteiger partial charge in [-0.05, 0) is 77.7 Å². The van der Waals surface area contributed by atoms with Crippen molar-refractivity contribution in [1.82, 2.24) is 15.5 Å². The summed E-state index contributed by atoms with van der Waals surface area (Å²) in [6.45, 7) is 33.2. The van der Waals surface area contributed by atoms with Gasteiger partial charge in [0, 0.05) is 52.1 Å². The topological polar surface area (TPSA) is 53.3 Å². The highest BCUT2D eigenvalue weighted by atomic mass is 15.4. The molecule has 8 unspecified atom stereocenters. The van der Waals surface area contributed by atoms with Crippen LogP contribution in [0.15, 0.2) is 12.7 Å². The highest BCUT2D eigenvalue weighted by Crippen LogP contribution is 2.79. The Bertz CT molecular complexity index is 808. The van der Waals surface area contributed by atoms with E-state index in [2.05, 4.69) is 104 Å².